The maximum atomic E-state index is 5.78. The number of aromatic nitrogens is 4. The minimum absolute atomic E-state index is 0.411. The van der Waals surface area contributed by atoms with E-state index in [1.807, 2.05) is 25.4 Å². The lowest BCUT2D eigenvalue weighted by Crippen LogP contribution is -1.89. The lowest BCUT2D eigenvalue weighted by Gasteiger charge is -1.98. The van der Waals surface area contributed by atoms with Gasteiger partial charge in [-0.2, -0.15) is 10.1 Å². The average Bonchev–Trinajstić information content (AvgIpc) is 2.95. The van der Waals surface area contributed by atoms with Crippen molar-refractivity contribution in [1.82, 2.24) is 19.9 Å². The van der Waals surface area contributed by atoms with Crippen molar-refractivity contribution in [3.05, 3.63) is 34.9 Å². The molecule has 1 aromatic carbocycles. The quantitative estimate of drug-likeness (QED) is 0.734. The molecule has 2 N–H and O–H groups in total. The first kappa shape index (κ1) is 11.9. The Morgan fingerprint density at radius 2 is 2.16 bits per heavy atom. The van der Waals surface area contributed by atoms with Gasteiger partial charge in [-0.15, -0.1) is 0 Å². The predicted molar refractivity (Wildman–Crippen MR) is 74.0 cm³/mol. The highest BCUT2D eigenvalue weighted by Gasteiger charge is 2.13. The van der Waals surface area contributed by atoms with Gasteiger partial charge in [-0.1, -0.05) is 21.1 Å². The molecular weight excluding hydrogens is 310 g/mol. The number of hydrogen-bond donors (Lipinski definition) is 1. The molecule has 2 heterocycles. The van der Waals surface area contributed by atoms with Crippen LogP contribution in [0.1, 0.15) is 0 Å². The topological polar surface area (TPSA) is 82.8 Å². The number of benzene rings is 1. The van der Waals surface area contributed by atoms with Crippen molar-refractivity contribution in [2.75, 3.05) is 5.73 Å². The van der Waals surface area contributed by atoms with E-state index in [1.165, 1.54) is 0 Å². The molecule has 0 unspecified atom stereocenters. The summed E-state index contributed by atoms with van der Waals surface area (Å²) in [6.45, 7) is 0. The Hall–Kier alpha value is -2.15. The fraction of sp³-hybridized carbons (Fsp3) is 0.0833. The number of halogens is 1. The van der Waals surface area contributed by atoms with Crippen LogP contribution in [0.2, 0.25) is 0 Å². The number of nitrogens with zero attached hydrogens (tertiary/aromatic N) is 4. The molecule has 0 radical (unpaired) electrons. The Bertz CT molecular complexity index is 713. The van der Waals surface area contributed by atoms with Crippen molar-refractivity contribution >= 4 is 21.6 Å². The van der Waals surface area contributed by atoms with Gasteiger partial charge in [0, 0.05) is 29.0 Å². The molecule has 0 saturated heterocycles. The normalized spacial score (nSPS) is 10.8. The third-order valence-electron chi connectivity index (χ3n) is 2.54. The Morgan fingerprint density at radius 3 is 2.84 bits per heavy atom. The molecule has 0 aliphatic carbocycles. The van der Waals surface area contributed by atoms with E-state index in [9.17, 15) is 0 Å². The molecule has 0 atom stereocenters. The zero-order chi connectivity index (χ0) is 13.4. The van der Waals surface area contributed by atoms with Crippen LogP contribution < -0.4 is 5.73 Å². The summed E-state index contributed by atoms with van der Waals surface area (Å²) in [5.74, 6) is 0.864. The zero-order valence-electron chi connectivity index (χ0n) is 10.0. The number of nitrogen functional groups attached to an aromatic ring is 1. The monoisotopic (exact) mass is 319 g/mol. The molecule has 7 heteroatoms. The molecule has 2 aromatic heterocycles. The van der Waals surface area contributed by atoms with Crippen molar-refractivity contribution in [2.45, 2.75) is 0 Å². The van der Waals surface area contributed by atoms with Crippen molar-refractivity contribution in [1.29, 1.82) is 0 Å². The number of aryl methyl sites for hydroxylation is 1. The van der Waals surface area contributed by atoms with Gasteiger partial charge in [0.15, 0.2) is 0 Å². The standard InChI is InChI=1S/C12H10BrN5O/c1-18-3-2-10(16-18)11-15-12(19-17-11)7-4-8(13)6-9(14)5-7/h2-6H,14H2,1H3. The number of anilines is 1. The third-order valence-corrected chi connectivity index (χ3v) is 2.99. The van der Waals surface area contributed by atoms with Gasteiger partial charge in [0.25, 0.3) is 5.89 Å². The Balaban J connectivity index is 2.01. The van der Waals surface area contributed by atoms with Crippen LogP contribution >= 0.6 is 15.9 Å². The van der Waals surface area contributed by atoms with Crippen molar-refractivity contribution in [2.24, 2.45) is 7.05 Å². The molecule has 3 rings (SSSR count). The average molecular weight is 320 g/mol. The summed E-state index contributed by atoms with van der Waals surface area (Å²) in [7, 11) is 1.83. The summed E-state index contributed by atoms with van der Waals surface area (Å²) >= 11 is 3.38. The second-order valence-electron chi connectivity index (χ2n) is 4.07. The number of nitrogens with two attached hydrogens (primary N) is 1. The van der Waals surface area contributed by atoms with Gasteiger partial charge in [-0.3, -0.25) is 4.68 Å². The molecule has 6 nitrogen and oxygen atoms in total. The fourth-order valence-electron chi connectivity index (χ4n) is 1.71. The summed E-state index contributed by atoms with van der Waals surface area (Å²) < 4.78 is 7.78. The first-order valence-electron chi connectivity index (χ1n) is 5.52. The van der Waals surface area contributed by atoms with Crippen LogP contribution in [0.15, 0.2) is 39.5 Å². The van der Waals surface area contributed by atoms with E-state index < -0.39 is 0 Å². The number of hydrogen-bond acceptors (Lipinski definition) is 5. The summed E-state index contributed by atoms with van der Waals surface area (Å²) in [6.07, 6.45) is 1.82. The predicted octanol–water partition coefficient (Wildman–Crippen LogP) is 2.48. The van der Waals surface area contributed by atoms with Gasteiger partial charge in [0.1, 0.15) is 5.69 Å². The van der Waals surface area contributed by atoms with Crippen LogP contribution in [0.3, 0.4) is 0 Å². The Labute approximate surface area is 117 Å². The van der Waals surface area contributed by atoms with E-state index in [-0.39, 0.29) is 0 Å². The Kier molecular flexibility index (Phi) is 2.83. The lowest BCUT2D eigenvalue weighted by atomic mass is 10.2. The van der Waals surface area contributed by atoms with Gasteiger partial charge < -0.3 is 10.3 Å². The van der Waals surface area contributed by atoms with Crippen molar-refractivity contribution in [3.63, 3.8) is 0 Å². The van der Waals surface area contributed by atoms with Gasteiger partial charge in [-0.25, -0.2) is 0 Å². The molecule has 0 aliphatic heterocycles. The lowest BCUT2D eigenvalue weighted by molar-refractivity contribution is 0.432. The van der Waals surface area contributed by atoms with Gasteiger partial charge in [0.05, 0.1) is 0 Å². The molecule has 19 heavy (non-hydrogen) atoms. The summed E-state index contributed by atoms with van der Waals surface area (Å²) in [4.78, 5) is 4.32. The van der Waals surface area contributed by atoms with E-state index in [0.717, 1.165) is 10.0 Å². The van der Waals surface area contributed by atoms with E-state index in [4.69, 9.17) is 10.3 Å². The molecule has 0 bridgehead atoms. The van der Waals surface area contributed by atoms with E-state index >= 15 is 0 Å². The van der Waals surface area contributed by atoms with Gasteiger partial charge in [-0.05, 0) is 24.3 Å². The van der Waals surface area contributed by atoms with Gasteiger partial charge >= 0.3 is 0 Å². The largest absolute Gasteiger partial charge is 0.399 e. The second kappa shape index (κ2) is 4.51. The van der Waals surface area contributed by atoms with Gasteiger partial charge in [0.2, 0.25) is 5.82 Å². The van der Waals surface area contributed by atoms with E-state index in [0.29, 0.717) is 23.1 Å². The molecule has 0 fully saturated rings. The molecule has 0 saturated carbocycles. The van der Waals surface area contributed by atoms with Crippen LogP contribution in [0.25, 0.3) is 23.0 Å². The van der Waals surface area contributed by atoms with Crippen LogP contribution in [0.5, 0.6) is 0 Å². The molecule has 0 aliphatic rings. The number of rotatable bonds is 2. The third kappa shape index (κ3) is 2.37. The van der Waals surface area contributed by atoms with Crippen LogP contribution in [-0.4, -0.2) is 19.9 Å². The van der Waals surface area contributed by atoms with Crippen LogP contribution in [-0.2, 0) is 7.05 Å². The van der Waals surface area contributed by atoms with Crippen molar-refractivity contribution < 1.29 is 4.52 Å². The second-order valence-corrected chi connectivity index (χ2v) is 4.99. The highest BCUT2D eigenvalue weighted by Crippen LogP contribution is 2.26. The summed E-state index contributed by atoms with van der Waals surface area (Å²) in [5.41, 5.74) is 7.84. The van der Waals surface area contributed by atoms with E-state index in [1.54, 1.807) is 16.8 Å². The van der Waals surface area contributed by atoms with E-state index in [2.05, 4.69) is 31.2 Å². The minimum atomic E-state index is 0.411. The SMILES string of the molecule is Cn1ccc(-c2noc(-c3cc(N)cc(Br)c3)n2)n1. The Morgan fingerprint density at radius 1 is 1.32 bits per heavy atom. The molecule has 3 aromatic rings. The summed E-state index contributed by atoms with van der Waals surface area (Å²) in [5, 5.41) is 8.14. The zero-order valence-corrected chi connectivity index (χ0v) is 11.6. The smallest absolute Gasteiger partial charge is 0.258 e. The molecule has 96 valence electrons. The maximum Gasteiger partial charge on any atom is 0.258 e. The highest BCUT2D eigenvalue weighted by atomic mass is 79.9. The van der Waals surface area contributed by atoms with Crippen molar-refractivity contribution in [3.8, 4) is 23.0 Å². The first-order valence-corrected chi connectivity index (χ1v) is 6.31. The fourth-order valence-corrected chi connectivity index (χ4v) is 2.23. The molecule has 0 spiro atoms. The highest BCUT2D eigenvalue weighted by molar-refractivity contribution is 9.10. The minimum Gasteiger partial charge on any atom is -0.399 e. The molecular formula is C12H10BrN5O. The van der Waals surface area contributed by atoms with Crippen LogP contribution in [0.4, 0.5) is 5.69 Å². The van der Waals surface area contributed by atoms with Crippen LogP contribution in [0, 0.1) is 0 Å². The summed E-state index contributed by atoms with van der Waals surface area (Å²) in [6, 6.07) is 7.27. The molecule has 0 amide bonds. The first-order chi connectivity index (χ1) is 9.11. The maximum absolute atomic E-state index is 5.78.